The molecule has 0 amide bonds. The molecule has 1 unspecified atom stereocenters. The van der Waals surface area contributed by atoms with Crippen LogP contribution in [0.3, 0.4) is 0 Å². The van der Waals surface area contributed by atoms with Gasteiger partial charge in [-0.05, 0) is 39.4 Å². The van der Waals surface area contributed by atoms with Crippen LogP contribution in [0.5, 0.6) is 0 Å². The van der Waals surface area contributed by atoms with Crippen molar-refractivity contribution in [2.24, 2.45) is 12.0 Å². The van der Waals surface area contributed by atoms with Crippen molar-refractivity contribution in [3.05, 3.63) is 53.9 Å². The second kappa shape index (κ2) is 9.92. The lowest BCUT2D eigenvalue weighted by Crippen LogP contribution is -2.42. The maximum atomic E-state index is 5.03. The second-order valence-corrected chi connectivity index (χ2v) is 8.36. The SMILES string of the molecule is CCNC(=NCC1(c2ccccc2)CCCC1)NCC(c1cnn(C)c1)N(C)C. The minimum atomic E-state index is 0.175. The molecule has 158 valence electrons. The van der Waals surface area contributed by atoms with E-state index in [4.69, 9.17) is 4.99 Å². The fourth-order valence-corrected chi connectivity index (χ4v) is 4.36. The van der Waals surface area contributed by atoms with Crippen molar-refractivity contribution in [1.82, 2.24) is 25.3 Å². The average Bonchev–Trinajstić information content (AvgIpc) is 3.37. The van der Waals surface area contributed by atoms with Crippen LogP contribution in [0.2, 0.25) is 0 Å². The van der Waals surface area contributed by atoms with Gasteiger partial charge in [0.15, 0.2) is 5.96 Å². The van der Waals surface area contributed by atoms with Gasteiger partial charge in [0.2, 0.25) is 0 Å². The number of likely N-dealkylation sites (N-methyl/N-ethyl adjacent to an activating group) is 1. The number of nitrogens with one attached hydrogen (secondary N) is 2. The molecule has 1 aliphatic carbocycles. The smallest absolute Gasteiger partial charge is 0.191 e. The van der Waals surface area contributed by atoms with Crippen molar-refractivity contribution in [2.45, 2.75) is 44.1 Å². The monoisotopic (exact) mass is 396 g/mol. The highest BCUT2D eigenvalue weighted by Crippen LogP contribution is 2.41. The second-order valence-electron chi connectivity index (χ2n) is 8.36. The molecule has 0 bridgehead atoms. The molecular formula is C23H36N6. The summed E-state index contributed by atoms with van der Waals surface area (Å²) >= 11 is 0. The van der Waals surface area contributed by atoms with E-state index < -0.39 is 0 Å². The Balaban J connectivity index is 1.72. The first-order chi connectivity index (χ1) is 14.0. The van der Waals surface area contributed by atoms with Gasteiger partial charge in [0.25, 0.3) is 0 Å². The van der Waals surface area contributed by atoms with Gasteiger partial charge in [0.1, 0.15) is 0 Å². The van der Waals surface area contributed by atoms with E-state index in [0.717, 1.165) is 25.6 Å². The third kappa shape index (κ3) is 5.38. The van der Waals surface area contributed by atoms with Gasteiger partial charge in [-0.3, -0.25) is 9.67 Å². The van der Waals surface area contributed by atoms with Gasteiger partial charge < -0.3 is 15.5 Å². The van der Waals surface area contributed by atoms with Crippen LogP contribution in [0.15, 0.2) is 47.7 Å². The van der Waals surface area contributed by atoms with Crippen LogP contribution in [0.1, 0.15) is 49.8 Å². The Morgan fingerprint density at radius 2 is 1.93 bits per heavy atom. The van der Waals surface area contributed by atoms with Crippen LogP contribution < -0.4 is 10.6 Å². The summed E-state index contributed by atoms with van der Waals surface area (Å²) in [6.45, 7) is 4.57. The molecule has 2 N–H and O–H groups in total. The average molecular weight is 397 g/mol. The van der Waals surface area contributed by atoms with Crippen molar-refractivity contribution in [1.29, 1.82) is 0 Å². The fourth-order valence-electron chi connectivity index (χ4n) is 4.36. The number of benzene rings is 1. The first kappa shape index (κ1) is 21.4. The molecule has 1 aromatic heterocycles. The first-order valence-corrected chi connectivity index (χ1v) is 10.8. The number of nitrogens with zero attached hydrogens (tertiary/aromatic N) is 4. The van der Waals surface area contributed by atoms with Crippen LogP contribution in [0, 0.1) is 0 Å². The topological polar surface area (TPSA) is 57.5 Å². The third-order valence-electron chi connectivity index (χ3n) is 6.03. The van der Waals surface area contributed by atoms with E-state index in [1.54, 1.807) is 0 Å². The number of aliphatic imine (C=N–C) groups is 1. The van der Waals surface area contributed by atoms with E-state index in [9.17, 15) is 0 Å². The standard InChI is InChI=1S/C23H36N6/c1-5-24-22(25-16-21(28(2)3)19-15-27-29(4)17-19)26-18-23(13-9-10-14-23)20-11-7-6-8-12-20/h6-8,11-12,15,17,21H,5,9-10,13-14,16,18H2,1-4H3,(H2,24,25,26). The molecule has 0 aliphatic heterocycles. The lowest BCUT2D eigenvalue weighted by atomic mass is 9.79. The summed E-state index contributed by atoms with van der Waals surface area (Å²) in [6, 6.07) is 11.2. The molecule has 0 saturated heterocycles. The first-order valence-electron chi connectivity index (χ1n) is 10.8. The van der Waals surface area contributed by atoms with Gasteiger partial charge in [-0.15, -0.1) is 0 Å². The Labute approximate surface area is 175 Å². The van der Waals surface area contributed by atoms with Gasteiger partial charge in [-0.1, -0.05) is 43.2 Å². The Morgan fingerprint density at radius 3 is 2.52 bits per heavy atom. The van der Waals surface area contributed by atoms with Crippen LogP contribution >= 0.6 is 0 Å². The Bertz CT molecular complexity index is 774. The predicted octanol–water partition coefficient (Wildman–Crippen LogP) is 3.09. The Hall–Kier alpha value is -2.34. The van der Waals surface area contributed by atoms with Gasteiger partial charge in [0, 0.05) is 37.3 Å². The molecule has 0 radical (unpaired) electrons. The van der Waals surface area contributed by atoms with Crippen molar-refractivity contribution in [3.63, 3.8) is 0 Å². The summed E-state index contributed by atoms with van der Waals surface area (Å²) < 4.78 is 1.86. The van der Waals surface area contributed by atoms with Gasteiger partial charge in [0.05, 0.1) is 18.8 Å². The van der Waals surface area contributed by atoms with E-state index in [1.165, 1.54) is 36.8 Å². The number of rotatable bonds is 8. The molecular weight excluding hydrogens is 360 g/mol. The van der Waals surface area contributed by atoms with Crippen molar-refractivity contribution < 1.29 is 0 Å². The zero-order chi connectivity index (χ0) is 20.7. The molecule has 6 heteroatoms. The third-order valence-corrected chi connectivity index (χ3v) is 6.03. The Morgan fingerprint density at radius 1 is 1.21 bits per heavy atom. The molecule has 1 saturated carbocycles. The van der Waals surface area contributed by atoms with Crippen molar-refractivity contribution in [2.75, 3.05) is 33.7 Å². The minimum absolute atomic E-state index is 0.175. The van der Waals surface area contributed by atoms with Crippen LogP contribution in [-0.2, 0) is 12.5 Å². The largest absolute Gasteiger partial charge is 0.357 e. The number of hydrogen-bond acceptors (Lipinski definition) is 3. The van der Waals surface area contributed by atoms with Gasteiger partial charge in [-0.25, -0.2) is 0 Å². The molecule has 1 aliphatic rings. The molecule has 29 heavy (non-hydrogen) atoms. The van der Waals surface area contributed by atoms with Crippen LogP contribution in [-0.4, -0.2) is 54.4 Å². The molecule has 1 aromatic carbocycles. The molecule has 6 nitrogen and oxygen atoms in total. The molecule has 1 fully saturated rings. The molecule has 0 spiro atoms. The molecule has 1 atom stereocenters. The Kier molecular flexibility index (Phi) is 7.31. The number of guanidine groups is 1. The van der Waals surface area contributed by atoms with Crippen molar-refractivity contribution in [3.8, 4) is 0 Å². The van der Waals surface area contributed by atoms with Crippen LogP contribution in [0.4, 0.5) is 0 Å². The van der Waals surface area contributed by atoms with E-state index >= 15 is 0 Å². The molecule has 2 aromatic rings. The highest BCUT2D eigenvalue weighted by molar-refractivity contribution is 5.79. The number of aryl methyl sites for hydroxylation is 1. The summed E-state index contributed by atoms with van der Waals surface area (Å²) in [6.07, 6.45) is 9.04. The van der Waals surface area contributed by atoms with Gasteiger partial charge >= 0.3 is 0 Å². The lowest BCUT2D eigenvalue weighted by Gasteiger charge is -2.29. The minimum Gasteiger partial charge on any atom is -0.357 e. The maximum absolute atomic E-state index is 5.03. The zero-order valence-electron chi connectivity index (χ0n) is 18.4. The van der Waals surface area contributed by atoms with Crippen molar-refractivity contribution >= 4 is 5.96 Å². The normalized spacial score (nSPS) is 17.5. The van der Waals surface area contributed by atoms with E-state index in [2.05, 4.69) is 78.2 Å². The zero-order valence-corrected chi connectivity index (χ0v) is 18.4. The van der Waals surface area contributed by atoms with E-state index in [0.29, 0.717) is 0 Å². The summed E-state index contributed by atoms with van der Waals surface area (Å²) in [4.78, 5) is 7.25. The molecule has 1 heterocycles. The maximum Gasteiger partial charge on any atom is 0.191 e. The summed E-state index contributed by atoms with van der Waals surface area (Å²) in [5.74, 6) is 0.894. The summed E-state index contributed by atoms with van der Waals surface area (Å²) in [7, 11) is 6.17. The van der Waals surface area contributed by atoms with Crippen LogP contribution in [0.25, 0.3) is 0 Å². The molecule has 3 rings (SSSR count). The summed E-state index contributed by atoms with van der Waals surface area (Å²) in [5.41, 5.74) is 2.81. The number of hydrogen-bond donors (Lipinski definition) is 2. The van der Waals surface area contributed by atoms with Gasteiger partial charge in [-0.2, -0.15) is 5.10 Å². The summed E-state index contributed by atoms with van der Waals surface area (Å²) in [5, 5.41) is 11.3. The fraction of sp³-hybridized carbons (Fsp3) is 0.565. The highest BCUT2D eigenvalue weighted by atomic mass is 15.3. The predicted molar refractivity (Wildman–Crippen MR) is 120 cm³/mol. The highest BCUT2D eigenvalue weighted by Gasteiger charge is 2.35. The van der Waals surface area contributed by atoms with E-state index in [-0.39, 0.29) is 11.5 Å². The lowest BCUT2D eigenvalue weighted by molar-refractivity contribution is 0.298. The van der Waals surface area contributed by atoms with E-state index in [1.807, 2.05) is 17.9 Å². The number of aromatic nitrogens is 2. The quantitative estimate of drug-likeness (QED) is 0.532.